The van der Waals surface area contributed by atoms with Crippen LogP contribution < -0.4 is 4.74 Å². The Balaban J connectivity index is 2.50. The lowest BCUT2D eigenvalue weighted by Crippen LogP contribution is -2.14. The van der Waals surface area contributed by atoms with E-state index >= 15 is 0 Å². The van der Waals surface area contributed by atoms with Crippen LogP contribution in [0.25, 0.3) is 0 Å². The van der Waals surface area contributed by atoms with Gasteiger partial charge in [-0.2, -0.15) is 0 Å². The highest BCUT2D eigenvalue weighted by Gasteiger charge is 2.17. The highest BCUT2D eigenvalue weighted by atomic mass is 16.5. The van der Waals surface area contributed by atoms with E-state index in [-0.39, 0.29) is 5.41 Å². The first-order chi connectivity index (χ1) is 10.8. The Hall–Kier alpha value is -1.28. The minimum atomic E-state index is 0.166. The quantitative estimate of drug-likeness (QED) is 0.430. The topological polar surface area (TPSA) is 18.5 Å². The largest absolute Gasteiger partial charge is 0.497 e. The summed E-state index contributed by atoms with van der Waals surface area (Å²) in [6, 6.07) is 6.46. The maximum absolute atomic E-state index is 5.55. The Morgan fingerprint density at radius 3 is 2.39 bits per heavy atom. The Labute approximate surface area is 142 Å². The molecule has 0 bridgehead atoms. The lowest BCUT2D eigenvalue weighted by Gasteiger charge is -2.23. The molecule has 0 radical (unpaired) electrons. The van der Waals surface area contributed by atoms with Crippen molar-refractivity contribution in [3.8, 4) is 5.75 Å². The van der Waals surface area contributed by atoms with Gasteiger partial charge in [0.1, 0.15) is 5.75 Å². The summed E-state index contributed by atoms with van der Waals surface area (Å²) >= 11 is 0. The third-order valence-electron chi connectivity index (χ3n) is 3.83. The van der Waals surface area contributed by atoms with Crippen molar-refractivity contribution in [2.24, 2.45) is 0 Å². The van der Waals surface area contributed by atoms with E-state index in [0.29, 0.717) is 6.10 Å². The van der Waals surface area contributed by atoms with Crippen LogP contribution >= 0.6 is 0 Å². The molecule has 0 N–H and O–H groups in total. The van der Waals surface area contributed by atoms with Gasteiger partial charge < -0.3 is 9.47 Å². The molecule has 1 aromatic rings. The summed E-state index contributed by atoms with van der Waals surface area (Å²) < 4.78 is 10.9. The summed E-state index contributed by atoms with van der Waals surface area (Å²) in [7, 11) is 1.73. The molecule has 0 heterocycles. The van der Waals surface area contributed by atoms with E-state index in [4.69, 9.17) is 9.47 Å². The van der Waals surface area contributed by atoms with Gasteiger partial charge in [-0.25, -0.2) is 0 Å². The summed E-state index contributed by atoms with van der Waals surface area (Å²) in [6.45, 7) is 11.8. The molecule has 0 spiro atoms. The van der Waals surface area contributed by atoms with Crippen LogP contribution in [0, 0.1) is 0 Å². The van der Waals surface area contributed by atoms with Gasteiger partial charge in [0.2, 0.25) is 0 Å². The maximum Gasteiger partial charge on any atom is 0.119 e. The van der Waals surface area contributed by atoms with Gasteiger partial charge in [-0.1, -0.05) is 39.0 Å². The normalized spacial score (nSPS) is 12.3. The summed E-state index contributed by atoms with van der Waals surface area (Å²) in [6.07, 6.45) is 9.23. The van der Waals surface area contributed by atoms with Crippen LogP contribution in [0.15, 0.2) is 30.4 Å². The Morgan fingerprint density at radius 2 is 1.78 bits per heavy atom. The van der Waals surface area contributed by atoms with Crippen molar-refractivity contribution in [3.63, 3.8) is 0 Å². The van der Waals surface area contributed by atoms with E-state index in [2.05, 4.69) is 65.0 Å². The van der Waals surface area contributed by atoms with Crippen LogP contribution in [-0.4, -0.2) is 19.8 Å². The number of hydrogen-bond donors (Lipinski definition) is 0. The number of aryl methyl sites for hydroxylation is 1. The molecule has 0 saturated carbocycles. The van der Waals surface area contributed by atoms with E-state index in [1.165, 1.54) is 11.1 Å². The van der Waals surface area contributed by atoms with Gasteiger partial charge in [-0.15, -0.1) is 0 Å². The smallest absolute Gasteiger partial charge is 0.119 e. The van der Waals surface area contributed by atoms with Crippen LogP contribution in [0.4, 0.5) is 0 Å². The van der Waals surface area contributed by atoms with E-state index in [0.717, 1.165) is 38.0 Å². The Bertz CT molecular complexity index is 481. The minimum absolute atomic E-state index is 0.166. The molecule has 0 unspecified atom stereocenters. The van der Waals surface area contributed by atoms with Crippen LogP contribution in [0.2, 0.25) is 0 Å². The number of benzene rings is 1. The minimum Gasteiger partial charge on any atom is -0.497 e. The fraction of sp³-hybridized carbons (Fsp3) is 0.619. The van der Waals surface area contributed by atoms with Crippen LogP contribution in [0.5, 0.6) is 5.75 Å². The number of allylic oxidation sites excluding steroid dienone is 2. The molecule has 0 saturated heterocycles. The molecule has 0 aromatic heterocycles. The van der Waals surface area contributed by atoms with Crippen molar-refractivity contribution < 1.29 is 9.47 Å². The molecule has 1 aromatic carbocycles. The molecule has 2 heteroatoms. The van der Waals surface area contributed by atoms with Crippen LogP contribution in [-0.2, 0) is 16.6 Å². The zero-order valence-corrected chi connectivity index (χ0v) is 15.8. The highest BCUT2D eigenvalue weighted by molar-refractivity contribution is 5.39. The number of unbranched alkanes of at least 4 members (excludes halogenated alkanes) is 1. The monoisotopic (exact) mass is 318 g/mol. The average Bonchev–Trinajstić information content (AvgIpc) is 2.48. The van der Waals surface area contributed by atoms with Crippen LogP contribution in [0.3, 0.4) is 0 Å². The zero-order chi connectivity index (χ0) is 17.3. The third kappa shape index (κ3) is 7.69. The molecule has 130 valence electrons. The molecular weight excluding hydrogens is 284 g/mol. The van der Waals surface area contributed by atoms with Crippen molar-refractivity contribution in [1.82, 2.24) is 0 Å². The fourth-order valence-corrected chi connectivity index (χ4v) is 2.63. The van der Waals surface area contributed by atoms with Gasteiger partial charge in [0.25, 0.3) is 0 Å². The summed E-state index contributed by atoms with van der Waals surface area (Å²) in [5, 5.41) is 0. The molecule has 2 nitrogen and oxygen atoms in total. The lowest BCUT2D eigenvalue weighted by molar-refractivity contribution is 0.0775. The predicted molar refractivity (Wildman–Crippen MR) is 99.5 cm³/mol. The van der Waals surface area contributed by atoms with Crippen molar-refractivity contribution in [2.45, 2.75) is 71.8 Å². The molecule has 0 aliphatic rings. The van der Waals surface area contributed by atoms with Gasteiger partial charge >= 0.3 is 0 Å². The highest BCUT2D eigenvalue weighted by Crippen LogP contribution is 2.29. The van der Waals surface area contributed by atoms with E-state index in [1.807, 2.05) is 0 Å². The summed E-state index contributed by atoms with van der Waals surface area (Å²) in [5.41, 5.74) is 2.97. The maximum atomic E-state index is 5.55. The second-order valence-corrected chi connectivity index (χ2v) is 7.34. The molecule has 0 atom stereocenters. The Morgan fingerprint density at radius 1 is 1.09 bits per heavy atom. The number of rotatable bonds is 9. The first-order valence-electron chi connectivity index (χ1n) is 8.78. The molecule has 1 rings (SSSR count). The van der Waals surface area contributed by atoms with Crippen LogP contribution in [0.1, 0.15) is 65.0 Å². The van der Waals surface area contributed by atoms with Gasteiger partial charge in [0.15, 0.2) is 0 Å². The zero-order valence-electron chi connectivity index (χ0n) is 15.8. The lowest BCUT2D eigenvalue weighted by atomic mass is 9.82. The standard InChI is InChI=1S/C21H34O2/c1-17(2)23-15-11-9-7-8-10-12-18-16-19(22-6)13-14-20(18)21(3,4)5/h7-8,13-14,16-17H,9-12,15H2,1-6H3. The summed E-state index contributed by atoms with van der Waals surface area (Å²) in [5.74, 6) is 0.947. The molecule has 0 amide bonds. The first-order valence-corrected chi connectivity index (χ1v) is 8.78. The molecule has 0 aliphatic heterocycles. The predicted octanol–water partition coefficient (Wildman–Crippen LogP) is 5.69. The van der Waals surface area contributed by atoms with Gasteiger partial charge in [0, 0.05) is 6.61 Å². The van der Waals surface area contributed by atoms with Gasteiger partial charge in [-0.05, 0) is 68.2 Å². The summed E-state index contributed by atoms with van der Waals surface area (Å²) in [4.78, 5) is 0. The number of methoxy groups -OCH3 is 1. The number of ether oxygens (including phenoxy) is 2. The first kappa shape index (κ1) is 19.8. The van der Waals surface area contributed by atoms with Crippen molar-refractivity contribution in [1.29, 1.82) is 0 Å². The third-order valence-corrected chi connectivity index (χ3v) is 3.83. The second kappa shape index (κ2) is 9.77. The SMILES string of the molecule is COc1ccc(C(C)(C)C)c(CCC=CCCCOC(C)C)c1. The van der Waals surface area contributed by atoms with E-state index < -0.39 is 0 Å². The van der Waals surface area contributed by atoms with Crippen molar-refractivity contribution in [3.05, 3.63) is 41.5 Å². The van der Waals surface area contributed by atoms with Crippen molar-refractivity contribution in [2.75, 3.05) is 13.7 Å². The molecular formula is C21H34O2. The van der Waals surface area contributed by atoms with E-state index in [1.54, 1.807) is 7.11 Å². The number of hydrogen-bond acceptors (Lipinski definition) is 2. The second-order valence-electron chi connectivity index (χ2n) is 7.34. The molecule has 0 aliphatic carbocycles. The van der Waals surface area contributed by atoms with Gasteiger partial charge in [0.05, 0.1) is 13.2 Å². The fourth-order valence-electron chi connectivity index (χ4n) is 2.63. The van der Waals surface area contributed by atoms with Crippen molar-refractivity contribution >= 4 is 0 Å². The van der Waals surface area contributed by atoms with E-state index in [9.17, 15) is 0 Å². The molecule has 0 fully saturated rings. The average molecular weight is 319 g/mol. The molecule has 23 heavy (non-hydrogen) atoms. The van der Waals surface area contributed by atoms with Gasteiger partial charge in [-0.3, -0.25) is 0 Å². The Kier molecular flexibility index (Phi) is 8.40.